The van der Waals surface area contributed by atoms with Crippen LogP contribution in [0.15, 0.2) is 59.9 Å². The Kier molecular flexibility index (Phi) is 3.81. The van der Waals surface area contributed by atoms with Crippen molar-refractivity contribution >= 4 is 33.0 Å². The lowest BCUT2D eigenvalue weighted by Crippen LogP contribution is -2.14. The van der Waals surface area contributed by atoms with Crippen LogP contribution in [0.1, 0.15) is 10.4 Å². The lowest BCUT2D eigenvalue weighted by molar-refractivity contribution is 0.112. The third-order valence-corrected chi connectivity index (χ3v) is 5.98. The average Bonchev–Trinajstić information content (AvgIpc) is 3.26. The van der Waals surface area contributed by atoms with Gasteiger partial charge in [0.25, 0.3) is 10.0 Å². The van der Waals surface area contributed by atoms with Crippen LogP contribution in [0.4, 0.5) is 5.69 Å². The van der Waals surface area contributed by atoms with Crippen molar-refractivity contribution in [2.45, 2.75) is 4.90 Å². The van der Waals surface area contributed by atoms with E-state index < -0.39 is 10.0 Å². The van der Waals surface area contributed by atoms with Crippen LogP contribution >= 0.6 is 0 Å². The summed E-state index contributed by atoms with van der Waals surface area (Å²) in [5.41, 5.74) is 7.29. The molecule has 4 aromatic rings. The van der Waals surface area contributed by atoms with Gasteiger partial charge < -0.3 is 5.73 Å². The van der Waals surface area contributed by atoms with Gasteiger partial charge in [0.15, 0.2) is 11.9 Å². The second kappa shape index (κ2) is 6.06. The highest BCUT2D eigenvalue weighted by Crippen LogP contribution is 2.33. The van der Waals surface area contributed by atoms with Crippen LogP contribution in [-0.4, -0.2) is 33.4 Å². The number of hydrogen-bond donors (Lipinski definition) is 1. The Balaban J connectivity index is 2.14. The van der Waals surface area contributed by atoms with Gasteiger partial charge in [-0.3, -0.25) is 9.48 Å². The van der Waals surface area contributed by atoms with Crippen molar-refractivity contribution in [3.63, 3.8) is 0 Å². The molecule has 4 rings (SSSR count). The molecule has 0 saturated heterocycles. The summed E-state index contributed by atoms with van der Waals surface area (Å²) in [4.78, 5) is 15.9. The summed E-state index contributed by atoms with van der Waals surface area (Å²) in [6.07, 6.45) is 5.13. The van der Waals surface area contributed by atoms with Crippen molar-refractivity contribution in [2.24, 2.45) is 7.05 Å². The van der Waals surface area contributed by atoms with E-state index in [2.05, 4.69) is 10.1 Å². The van der Waals surface area contributed by atoms with Gasteiger partial charge in [0.2, 0.25) is 0 Å². The number of benzene rings is 1. The van der Waals surface area contributed by atoms with Crippen molar-refractivity contribution in [3.05, 3.63) is 60.6 Å². The number of aldehydes is 1. The third kappa shape index (κ3) is 2.59. The maximum Gasteiger partial charge on any atom is 0.269 e. The van der Waals surface area contributed by atoms with E-state index in [1.807, 2.05) is 0 Å². The number of carbonyl (C=O) groups excluding carboxylic acids is 1. The summed E-state index contributed by atoms with van der Waals surface area (Å²) in [7, 11) is -2.24. The molecule has 0 atom stereocenters. The van der Waals surface area contributed by atoms with Gasteiger partial charge in [0.1, 0.15) is 0 Å². The van der Waals surface area contributed by atoms with Crippen molar-refractivity contribution in [1.82, 2.24) is 18.7 Å². The first kappa shape index (κ1) is 17.0. The number of rotatable bonds is 4. The quantitative estimate of drug-likeness (QED) is 0.542. The molecule has 27 heavy (non-hydrogen) atoms. The molecule has 136 valence electrons. The highest BCUT2D eigenvalue weighted by Gasteiger charge is 2.26. The molecule has 3 aromatic heterocycles. The number of nitrogens with zero attached hydrogens (tertiary/aromatic N) is 4. The van der Waals surface area contributed by atoms with Crippen LogP contribution in [0.25, 0.3) is 22.3 Å². The minimum absolute atomic E-state index is 0.110. The molecule has 0 radical (unpaired) electrons. The van der Waals surface area contributed by atoms with E-state index in [1.165, 1.54) is 18.3 Å². The molecule has 0 aliphatic carbocycles. The smallest absolute Gasteiger partial charge is 0.269 e. The fraction of sp³-hybridized carbons (Fsp3) is 0.0556. The predicted octanol–water partition coefficient (Wildman–Crippen LogP) is 2.07. The molecule has 0 aliphatic rings. The van der Waals surface area contributed by atoms with Gasteiger partial charge in [-0.15, -0.1) is 0 Å². The first-order chi connectivity index (χ1) is 12.9. The average molecular weight is 381 g/mol. The SMILES string of the molecule is Cn1cc(-c2cc3c(C=O)c(N)cnc3n2S(=O)(=O)c2ccccc2)cn1. The summed E-state index contributed by atoms with van der Waals surface area (Å²) in [6.45, 7) is 0. The Morgan fingerprint density at radius 3 is 2.52 bits per heavy atom. The van der Waals surface area contributed by atoms with E-state index in [-0.39, 0.29) is 21.8 Å². The Morgan fingerprint density at radius 1 is 1.15 bits per heavy atom. The van der Waals surface area contributed by atoms with E-state index in [0.717, 1.165) is 3.97 Å². The van der Waals surface area contributed by atoms with Crippen molar-refractivity contribution < 1.29 is 13.2 Å². The van der Waals surface area contributed by atoms with Gasteiger partial charge in [0.05, 0.1) is 28.7 Å². The highest BCUT2D eigenvalue weighted by atomic mass is 32.2. The first-order valence-corrected chi connectivity index (χ1v) is 9.42. The predicted molar refractivity (Wildman–Crippen MR) is 101 cm³/mol. The number of nitrogens with two attached hydrogens (primary N) is 1. The Hall–Kier alpha value is -3.46. The van der Waals surface area contributed by atoms with Crippen LogP contribution in [0.3, 0.4) is 0 Å². The Bertz CT molecular complexity index is 1270. The van der Waals surface area contributed by atoms with Crippen molar-refractivity contribution in [2.75, 3.05) is 5.73 Å². The molecule has 1 aromatic carbocycles. The van der Waals surface area contributed by atoms with Gasteiger partial charge in [-0.2, -0.15) is 5.10 Å². The second-order valence-electron chi connectivity index (χ2n) is 6.00. The number of pyridine rings is 1. The summed E-state index contributed by atoms with van der Waals surface area (Å²) >= 11 is 0. The number of fused-ring (bicyclic) bond motifs is 1. The molecule has 2 N–H and O–H groups in total. The van der Waals surface area contributed by atoms with E-state index >= 15 is 0 Å². The van der Waals surface area contributed by atoms with E-state index in [9.17, 15) is 13.2 Å². The van der Waals surface area contributed by atoms with Gasteiger partial charge in [-0.05, 0) is 18.2 Å². The minimum atomic E-state index is -3.97. The van der Waals surface area contributed by atoms with Crippen LogP contribution in [0.2, 0.25) is 0 Å². The number of anilines is 1. The van der Waals surface area contributed by atoms with Crippen LogP contribution in [0.5, 0.6) is 0 Å². The fourth-order valence-corrected chi connectivity index (χ4v) is 4.49. The van der Waals surface area contributed by atoms with E-state index in [4.69, 9.17) is 5.73 Å². The monoisotopic (exact) mass is 381 g/mol. The van der Waals surface area contributed by atoms with Crippen molar-refractivity contribution in [1.29, 1.82) is 0 Å². The van der Waals surface area contributed by atoms with Gasteiger partial charge in [-0.25, -0.2) is 17.4 Å². The highest BCUT2D eigenvalue weighted by molar-refractivity contribution is 7.90. The molecule has 0 fully saturated rings. The molecular weight excluding hydrogens is 366 g/mol. The van der Waals surface area contributed by atoms with Gasteiger partial charge >= 0.3 is 0 Å². The molecule has 0 spiro atoms. The normalized spacial score (nSPS) is 11.7. The second-order valence-corrected chi connectivity index (χ2v) is 7.78. The molecule has 0 unspecified atom stereocenters. The van der Waals surface area contributed by atoms with Crippen molar-refractivity contribution in [3.8, 4) is 11.3 Å². The Labute approximate surface area is 154 Å². The topological polar surface area (TPSA) is 113 Å². The van der Waals surface area contributed by atoms with Crippen LogP contribution < -0.4 is 5.73 Å². The third-order valence-electron chi connectivity index (χ3n) is 4.26. The summed E-state index contributed by atoms with van der Waals surface area (Å²) < 4.78 is 29.4. The number of carbonyl (C=O) groups is 1. The molecule has 0 amide bonds. The summed E-state index contributed by atoms with van der Waals surface area (Å²) in [6, 6.07) is 9.63. The lowest BCUT2D eigenvalue weighted by atomic mass is 10.1. The largest absolute Gasteiger partial charge is 0.397 e. The zero-order valence-corrected chi connectivity index (χ0v) is 15.1. The fourth-order valence-electron chi connectivity index (χ4n) is 2.99. The van der Waals surface area contributed by atoms with Gasteiger partial charge in [0, 0.05) is 29.8 Å². The number of hydrogen-bond acceptors (Lipinski definition) is 6. The molecule has 0 bridgehead atoms. The number of aryl methyl sites for hydroxylation is 1. The molecule has 0 aliphatic heterocycles. The molecule has 0 saturated carbocycles. The van der Waals surface area contributed by atoms with Gasteiger partial charge in [-0.1, -0.05) is 18.2 Å². The molecule has 3 heterocycles. The summed E-state index contributed by atoms with van der Waals surface area (Å²) in [5.74, 6) is 0. The van der Waals surface area contributed by atoms with Crippen LogP contribution in [-0.2, 0) is 17.1 Å². The minimum Gasteiger partial charge on any atom is -0.397 e. The van der Waals surface area contributed by atoms with E-state index in [0.29, 0.717) is 22.9 Å². The Morgan fingerprint density at radius 2 is 1.89 bits per heavy atom. The number of aromatic nitrogens is 4. The van der Waals surface area contributed by atoms with E-state index in [1.54, 1.807) is 48.4 Å². The molecule has 8 nitrogen and oxygen atoms in total. The summed E-state index contributed by atoms with van der Waals surface area (Å²) in [5, 5.41) is 4.48. The molecular formula is C18H15N5O3S. The standard InChI is InChI=1S/C18H15N5O3S/c1-22-10-12(8-21-22)17-7-14-15(11-24)16(19)9-20-18(14)23(17)27(25,26)13-5-3-2-4-6-13/h2-11H,19H2,1H3. The zero-order chi connectivity index (χ0) is 19.2. The number of nitrogen functional groups attached to an aromatic ring is 1. The maximum atomic E-state index is 13.4. The van der Waals surface area contributed by atoms with Crippen LogP contribution in [0, 0.1) is 0 Å². The lowest BCUT2D eigenvalue weighted by Gasteiger charge is -2.11. The maximum absolute atomic E-state index is 13.4. The first-order valence-electron chi connectivity index (χ1n) is 7.98. The zero-order valence-electron chi connectivity index (χ0n) is 14.3. The molecule has 9 heteroatoms.